The quantitative estimate of drug-likeness (QED) is 0.701. The normalized spacial score (nSPS) is 10.5. The fourth-order valence-electron chi connectivity index (χ4n) is 2.32. The Kier molecular flexibility index (Phi) is 4.77. The van der Waals surface area contributed by atoms with E-state index >= 15 is 0 Å². The van der Waals surface area contributed by atoms with Crippen LogP contribution in [0, 0.1) is 0 Å². The number of rotatable bonds is 5. The Morgan fingerprint density at radius 1 is 1.04 bits per heavy atom. The molecule has 1 aromatic heterocycles. The van der Waals surface area contributed by atoms with Crippen molar-refractivity contribution in [3.63, 3.8) is 0 Å². The number of carbonyl (C=O) groups excluding carboxylic acids is 2. The van der Waals surface area contributed by atoms with Crippen molar-refractivity contribution in [3.8, 4) is 0 Å². The average Bonchev–Trinajstić information content (AvgIpc) is 2.60. The minimum atomic E-state index is -0.423. The van der Waals surface area contributed by atoms with E-state index in [1.165, 1.54) is 11.8 Å². The zero-order valence-electron chi connectivity index (χ0n) is 12.7. The lowest BCUT2D eigenvalue weighted by Gasteiger charge is -2.11. The third-order valence-corrected chi connectivity index (χ3v) is 4.48. The molecule has 3 N–H and O–H groups in total. The molecule has 0 saturated carbocycles. The van der Waals surface area contributed by atoms with Crippen LogP contribution in [-0.2, 0) is 4.79 Å². The number of nitrogens with two attached hydrogens (primary N) is 1. The van der Waals surface area contributed by atoms with Crippen molar-refractivity contribution in [2.24, 2.45) is 5.73 Å². The molecular formula is C18H15N3O2S. The maximum Gasteiger partial charge on any atom is 0.256 e. The van der Waals surface area contributed by atoms with Crippen molar-refractivity contribution in [2.75, 3.05) is 11.1 Å². The number of benzene rings is 2. The molecule has 0 bridgehead atoms. The van der Waals surface area contributed by atoms with Crippen LogP contribution < -0.4 is 11.1 Å². The minimum absolute atomic E-state index is 0.125. The highest BCUT2D eigenvalue weighted by atomic mass is 32.2. The number of fused-ring (bicyclic) bond motifs is 1. The summed E-state index contributed by atoms with van der Waals surface area (Å²) in [5.74, 6) is -0.547. The molecule has 3 aromatic rings. The van der Waals surface area contributed by atoms with Crippen molar-refractivity contribution in [1.82, 2.24) is 4.98 Å². The zero-order valence-corrected chi connectivity index (χ0v) is 13.5. The number of amides is 2. The number of primary amides is 1. The van der Waals surface area contributed by atoms with Crippen LogP contribution in [-0.4, -0.2) is 22.6 Å². The van der Waals surface area contributed by atoms with Crippen molar-refractivity contribution < 1.29 is 9.59 Å². The van der Waals surface area contributed by atoms with E-state index in [4.69, 9.17) is 5.73 Å². The molecule has 2 amide bonds. The highest BCUT2D eigenvalue weighted by molar-refractivity contribution is 8.00. The average molecular weight is 337 g/mol. The van der Waals surface area contributed by atoms with Gasteiger partial charge in [0.05, 0.1) is 22.5 Å². The number of nitrogens with zero attached hydrogens (tertiary/aromatic N) is 1. The first-order chi connectivity index (χ1) is 11.6. The monoisotopic (exact) mass is 337 g/mol. The number of anilines is 1. The molecule has 120 valence electrons. The molecule has 3 rings (SSSR count). The van der Waals surface area contributed by atoms with E-state index in [1.807, 2.05) is 36.4 Å². The summed E-state index contributed by atoms with van der Waals surface area (Å²) in [7, 11) is 0. The summed E-state index contributed by atoms with van der Waals surface area (Å²) in [6.45, 7) is 0. The fraction of sp³-hybridized carbons (Fsp3) is 0.0556. The van der Waals surface area contributed by atoms with E-state index in [9.17, 15) is 9.59 Å². The van der Waals surface area contributed by atoms with E-state index in [-0.39, 0.29) is 11.7 Å². The topological polar surface area (TPSA) is 85.1 Å². The molecule has 24 heavy (non-hydrogen) atoms. The number of para-hydroxylation sites is 1. The molecule has 6 heteroatoms. The SMILES string of the molecule is NC(=O)CSc1ccccc1C(=O)Nc1cccc2cccnc12. The van der Waals surface area contributed by atoms with Crippen LogP contribution in [0.4, 0.5) is 5.69 Å². The Morgan fingerprint density at radius 2 is 1.83 bits per heavy atom. The predicted molar refractivity (Wildman–Crippen MR) is 96.1 cm³/mol. The third kappa shape index (κ3) is 3.55. The van der Waals surface area contributed by atoms with Gasteiger partial charge in [0.2, 0.25) is 5.91 Å². The molecular weight excluding hydrogens is 322 g/mol. The maximum atomic E-state index is 12.7. The summed E-state index contributed by atoms with van der Waals surface area (Å²) >= 11 is 1.25. The molecule has 0 atom stereocenters. The zero-order chi connectivity index (χ0) is 16.9. The fourth-order valence-corrected chi connectivity index (χ4v) is 3.11. The van der Waals surface area contributed by atoms with Crippen molar-refractivity contribution >= 4 is 40.2 Å². The number of pyridine rings is 1. The smallest absolute Gasteiger partial charge is 0.256 e. The molecule has 0 fully saturated rings. The van der Waals surface area contributed by atoms with E-state index in [0.29, 0.717) is 16.1 Å². The molecule has 0 spiro atoms. The Morgan fingerprint density at radius 3 is 2.67 bits per heavy atom. The summed E-state index contributed by atoms with van der Waals surface area (Å²) in [6.07, 6.45) is 1.69. The highest BCUT2D eigenvalue weighted by Crippen LogP contribution is 2.25. The van der Waals surface area contributed by atoms with E-state index in [0.717, 1.165) is 10.9 Å². The molecule has 5 nitrogen and oxygen atoms in total. The summed E-state index contributed by atoms with van der Waals surface area (Å²) in [5.41, 5.74) is 7.06. The third-order valence-electron chi connectivity index (χ3n) is 3.38. The van der Waals surface area contributed by atoms with Crippen LogP contribution in [0.3, 0.4) is 0 Å². The van der Waals surface area contributed by atoms with Gasteiger partial charge in [0.25, 0.3) is 5.91 Å². The van der Waals surface area contributed by atoms with E-state index < -0.39 is 5.91 Å². The summed E-state index contributed by atoms with van der Waals surface area (Å²) in [4.78, 5) is 28.7. The molecule has 0 saturated heterocycles. The van der Waals surface area contributed by atoms with Crippen LogP contribution >= 0.6 is 11.8 Å². The van der Waals surface area contributed by atoms with Gasteiger partial charge in [0.15, 0.2) is 0 Å². The summed E-state index contributed by atoms with van der Waals surface area (Å²) in [6, 6.07) is 16.5. The summed E-state index contributed by atoms with van der Waals surface area (Å²) < 4.78 is 0. The van der Waals surface area contributed by atoms with E-state index in [1.54, 1.807) is 24.4 Å². The summed E-state index contributed by atoms with van der Waals surface area (Å²) in [5, 5.41) is 3.85. The van der Waals surface area contributed by atoms with Crippen molar-refractivity contribution in [3.05, 3.63) is 66.4 Å². The van der Waals surface area contributed by atoms with Gasteiger partial charge in [-0.1, -0.05) is 30.3 Å². The number of hydrogen-bond acceptors (Lipinski definition) is 4. The number of nitrogens with one attached hydrogen (secondary N) is 1. The van der Waals surface area contributed by atoms with Gasteiger partial charge in [0, 0.05) is 16.5 Å². The van der Waals surface area contributed by atoms with Crippen LogP contribution in [0.25, 0.3) is 10.9 Å². The van der Waals surface area contributed by atoms with Crippen LogP contribution in [0.1, 0.15) is 10.4 Å². The van der Waals surface area contributed by atoms with Crippen LogP contribution in [0.2, 0.25) is 0 Å². The predicted octanol–water partition coefficient (Wildman–Crippen LogP) is 3.06. The molecule has 0 aliphatic rings. The second-order valence-electron chi connectivity index (χ2n) is 5.09. The number of hydrogen-bond donors (Lipinski definition) is 2. The maximum absolute atomic E-state index is 12.7. The van der Waals surface area contributed by atoms with Gasteiger partial charge in [-0.05, 0) is 24.3 Å². The molecule has 0 radical (unpaired) electrons. The van der Waals surface area contributed by atoms with Crippen molar-refractivity contribution in [2.45, 2.75) is 4.90 Å². The Balaban J connectivity index is 1.88. The van der Waals surface area contributed by atoms with Crippen LogP contribution in [0.15, 0.2) is 65.7 Å². The Labute approximate surface area is 143 Å². The lowest BCUT2D eigenvalue weighted by Crippen LogP contribution is -2.15. The highest BCUT2D eigenvalue weighted by Gasteiger charge is 2.13. The number of thioether (sulfide) groups is 1. The molecule has 1 heterocycles. The molecule has 0 aliphatic carbocycles. The van der Waals surface area contributed by atoms with Gasteiger partial charge in [-0.2, -0.15) is 0 Å². The van der Waals surface area contributed by atoms with Crippen LogP contribution in [0.5, 0.6) is 0 Å². The van der Waals surface area contributed by atoms with Gasteiger partial charge in [-0.15, -0.1) is 11.8 Å². The first-order valence-corrected chi connectivity index (χ1v) is 8.29. The van der Waals surface area contributed by atoms with Gasteiger partial charge < -0.3 is 11.1 Å². The largest absolute Gasteiger partial charge is 0.369 e. The lowest BCUT2D eigenvalue weighted by atomic mass is 10.1. The molecule has 0 aliphatic heterocycles. The number of aromatic nitrogens is 1. The standard InChI is InChI=1S/C18H15N3O2S/c19-16(22)11-24-15-9-2-1-7-13(15)18(23)21-14-8-3-5-12-6-4-10-20-17(12)14/h1-10H,11H2,(H2,19,22)(H,21,23). The Hall–Kier alpha value is -2.86. The molecule has 0 unspecified atom stereocenters. The second-order valence-corrected chi connectivity index (χ2v) is 6.10. The van der Waals surface area contributed by atoms with Gasteiger partial charge in [0.1, 0.15) is 0 Å². The van der Waals surface area contributed by atoms with Gasteiger partial charge in [-0.3, -0.25) is 14.6 Å². The minimum Gasteiger partial charge on any atom is -0.369 e. The molecule has 2 aromatic carbocycles. The second kappa shape index (κ2) is 7.14. The first-order valence-electron chi connectivity index (χ1n) is 7.30. The van der Waals surface area contributed by atoms with Crippen molar-refractivity contribution in [1.29, 1.82) is 0 Å². The lowest BCUT2D eigenvalue weighted by molar-refractivity contribution is -0.115. The number of carbonyl (C=O) groups is 2. The first kappa shape index (κ1) is 16.0. The van der Waals surface area contributed by atoms with Gasteiger partial charge in [-0.25, -0.2) is 0 Å². The van der Waals surface area contributed by atoms with Gasteiger partial charge >= 0.3 is 0 Å². The Bertz CT molecular complexity index is 906. The van der Waals surface area contributed by atoms with E-state index in [2.05, 4.69) is 10.3 Å².